The Kier molecular flexibility index (Phi) is 3.62. The summed E-state index contributed by atoms with van der Waals surface area (Å²) in [6, 6.07) is 0. The van der Waals surface area contributed by atoms with Gasteiger partial charge in [-0.3, -0.25) is 9.80 Å². The molecule has 5 heteroatoms. The van der Waals surface area contributed by atoms with E-state index in [1.807, 2.05) is 0 Å². The third-order valence-corrected chi connectivity index (χ3v) is 2.05. The average Bonchev–Trinajstić information content (AvgIpc) is 2.47. The van der Waals surface area contributed by atoms with Gasteiger partial charge < -0.3 is 5.11 Å². The largest absolute Gasteiger partial charge is 0.476 e. The van der Waals surface area contributed by atoms with E-state index in [-0.39, 0.29) is 12.3 Å². The normalized spacial score (nSPS) is 15.9. The molecule has 5 nitrogen and oxygen atoms in total. The summed E-state index contributed by atoms with van der Waals surface area (Å²) in [5.41, 5.74) is -0.332. The first-order valence-corrected chi connectivity index (χ1v) is 4.75. The van der Waals surface area contributed by atoms with E-state index in [0.717, 1.165) is 19.3 Å². The summed E-state index contributed by atoms with van der Waals surface area (Å²) < 4.78 is 0. The summed E-state index contributed by atoms with van der Waals surface area (Å²) in [5.74, 6) is -1.62. The fraction of sp³-hybridized carbons (Fsp3) is 0.667. The zero-order valence-corrected chi connectivity index (χ0v) is 8.19. The Morgan fingerprint density at radius 1 is 1.57 bits per heavy atom. The number of rotatable bonds is 5. The number of aliphatic carboxylic acids is 1. The van der Waals surface area contributed by atoms with Crippen molar-refractivity contribution in [3.8, 4) is 0 Å². The van der Waals surface area contributed by atoms with Crippen LogP contribution in [0.15, 0.2) is 5.10 Å². The van der Waals surface area contributed by atoms with Crippen LogP contribution in [-0.2, 0) is 9.59 Å². The van der Waals surface area contributed by atoms with Crippen molar-refractivity contribution in [3.05, 3.63) is 0 Å². The molecule has 0 amide bonds. The smallest absolute Gasteiger partial charge is 0.360 e. The van der Waals surface area contributed by atoms with Gasteiger partial charge in [-0.05, 0) is 6.42 Å². The Morgan fingerprint density at radius 2 is 2.29 bits per heavy atom. The maximum Gasteiger partial charge on any atom is 0.360 e. The summed E-state index contributed by atoms with van der Waals surface area (Å²) in [4.78, 5) is 21.6. The molecule has 1 aliphatic rings. The Bertz CT molecular complexity index is 273. The SMILES string of the molecule is CCCCCN1CC(=O)C(C(=O)O)=N1. The number of hydrogen-bond donors (Lipinski definition) is 1. The summed E-state index contributed by atoms with van der Waals surface area (Å²) in [5, 5.41) is 13.9. The predicted molar refractivity (Wildman–Crippen MR) is 51.2 cm³/mol. The van der Waals surface area contributed by atoms with Gasteiger partial charge in [0.1, 0.15) is 6.54 Å². The summed E-state index contributed by atoms with van der Waals surface area (Å²) >= 11 is 0. The van der Waals surface area contributed by atoms with Crippen molar-refractivity contribution >= 4 is 17.5 Å². The standard InChI is InChI=1S/C9H14N2O3/c1-2-3-4-5-11-6-7(12)8(10-11)9(13)14/h2-6H2,1H3,(H,13,14). The number of carboxylic acids is 1. The molecule has 78 valence electrons. The molecule has 0 aromatic rings. The second-order valence-electron chi connectivity index (χ2n) is 3.27. The van der Waals surface area contributed by atoms with Gasteiger partial charge in [-0.25, -0.2) is 4.79 Å². The Hall–Kier alpha value is -1.39. The second-order valence-corrected chi connectivity index (χ2v) is 3.27. The van der Waals surface area contributed by atoms with Gasteiger partial charge in [-0.15, -0.1) is 0 Å². The van der Waals surface area contributed by atoms with E-state index in [1.54, 1.807) is 0 Å². The molecule has 0 aliphatic carbocycles. The number of carbonyl (C=O) groups excluding carboxylic acids is 1. The van der Waals surface area contributed by atoms with Gasteiger partial charge in [-0.1, -0.05) is 19.8 Å². The molecule has 14 heavy (non-hydrogen) atoms. The number of carboxylic acid groups (broad SMARTS) is 1. The molecule has 0 aromatic heterocycles. The third kappa shape index (κ3) is 2.55. The molecule has 1 aliphatic heterocycles. The first-order chi connectivity index (χ1) is 6.65. The fourth-order valence-corrected chi connectivity index (χ4v) is 1.31. The number of hydrazone groups is 1. The maximum absolute atomic E-state index is 11.1. The van der Waals surface area contributed by atoms with Gasteiger partial charge in [0.2, 0.25) is 11.5 Å². The van der Waals surface area contributed by atoms with Crippen LogP contribution in [0.3, 0.4) is 0 Å². The van der Waals surface area contributed by atoms with Gasteiger partial charge in [0, 0.05) is 6.54 Å². The van der Waals surface area contributed by atoms with Gasteiger partial charge in [0.25, 0.3) is 0 Å². The van der Waals surface area contributed by atoms with Crippen LogP contribution < -0.4 is 0 Å². The van der Waals surface area contributed by atoms with E-state index in [2.05, 4.69) is 12.0 Å². The number of Topliss-reactive ketones (excluding diaryl/α,β-unsaturated/α-hetero) is 1. The maximum atomic E-state index is 11.1. The van der Waals surface area contributed by atoms with Crippen molar-refractivity contribution in [2.75, 3.05) is 13.1 Å². The van der Waals surface area contributed by atoms with E-state index in [0.29, 0.717) is 6.54 Å². The molecule has 0 atom stereocenters. The molecule has 0 unspecified atom stereocenters. The topological polar surface area (TPSA) is 70.0 Å². The molecular weight excluding hydrogens is 184 g/mol. The summed E-state index contributed by atoms with van der Waals surface area (Å²) in [7, 11) is 0. The van der Waals surface area contributed by atoms with Crippen molar-refractivity contribution in [1.82, 2.24) is 5.01 Å². The van der Waals surface area contributed by atoms with Gasteiger partial charge >= 0.3 is 5.97 Å². The van der Waals surface area contributed by atoms with Crippen LogP contribution in [0.2, 0.25) is 0 Å². The number of nitrogens with zero attached hydrogens (tertiary/aromatic N) is 2. The van der Waals surface area contributed by atoms with Crippen LogP contribution in [0, 0.1) is 0 Å². The first kappa shape index (κ1) is 10.7. The van der Waals surface area contributed by atoms with Crippen LogP contribution in [-0.4, -0.2) is 40.7 Å². The minimum absolute atomic E-state index is 0.116. The minimum Gasteiger partial charge on any atom is -0.476 e. The molecule has 0 saturated heterocycles. The van der Waals surface area contributed by atoms with Gasteiger partial charge in [0.05, 0.1) is 0 Å². The molecule has 0 spiro atoms. The van der Waals surface area contributed by atoms with E-state index in [4.69, 9.17) is 5.11 Å². The Labute approximate surface area is 82.4 Å². The molecule has 0 fully saturated rings. The van der Waals surface area contributed by atoms with Crippen molar-refractivity contribution in [3.63, 3.8) is 0 Å². The third-order valence-electron chi connectivity index (χ3n) is 2.05. The zero-order valence-electron chi connectivity index (χ0n) is 8.19. The Morgan fingerprint density at radius 3 is 2.79 bits per heavy atom. The molecule has 0 bridgehead atoms. The van der Waals surface area contributed by atoms with E-state index in [9.17, 15) is 9.59 Å². The molecule has 0 saturated carbocycles. The highest BCUT2D eigenvalue weighted by atomic mass is 16.4. The molecule has 1 N–H and O–H groups in total. The molecule has 0 radical (unpaired) electrons. The fourth-order valence-electron chi connectivity index (χ4n) is 1.31. The summed E-state index contributed by atoms with van der Waals surface area (Å²) in [6.45, 7) is 2.86. The van der Waals surface area contributed by atoms with Crippen molar-refractivity contribution < 1.29 is 14.7 Å². The van der Waals surface area contributed by atoms with Crippen molar-refractivity contribution in [2.24, 2.45) is 5.10 Å². The number of ketones is 1. The monoisotopic (exact) mass is 198 g/mol. The number of carbonyl (C=O) groups is 2. The van der Waals surface area contributed by atoms with Crippen LogP contribution in [0.25, 0.3) is 0 Å². The van der Waals surface area contributed by atoms with Gasteiger partial charge in [0.15, 0.2) is 0 Å². The van der Waals surface area contributed by atoms with E-state index in [1.165, 1.54) is 5.01 Å². The molecule has 0 aromatic carbocycles. The van der Waals surface area contributed by atoms with Crippen LogP contribution in [0.4, 0.5) is 0 Å². The predicted octanol–water partition coefficient (Wildman–Crippen LogP) is 0.502. The zero-order chi connectivity index (χ0) is 10.6. The van der Waals surface area contributed by atoms with E-state index < -0.39 is 11.8 Å². The second kappa shape index (κ2) is 4.74. The van der Waals surface area contributed by atoms with Gasteiger partial charge in [-0.2, -0.15) is 5.10 Å². The summed E-state index contributed by atoms with van der Waals surface area (Å²) in [6.07, 6.45) is 3.11. The average molecular weight is 198 g/mol. The van der Waals surface area contributed by atoms with Crippen LogP contribution >= 0.6 is 0 Å². The number of hydrogen-bond acceptors (Lipinski definition) is 4. The highest BCUT2D eigenvalue weighted by Gasteiger charge is 2.28. The van der Waals surface area contributed by atoms with Crippen LogP contribution in [0.1, 0.15) is 26.2 Å². The first-order valence-electron chi connectivity index (χ1n) is 4.75. The van der Waals surface area contributed by atoms with E-state index >= 15 is 0 Å². The highest BCUT2D eigenvalue weighted by molar-refractivity contribution is 6.65. The lowest BCUT2D eigenvalue weighted by Crippen LogP contribution is -2.23. The van der Waals surface area contributed by atoms with Crippen molar-refractivity contribution in [2.45, 2.75) is 26.2 Å². The molecule has 1 heterocycles. The highest BCUT2D eigenvalue weighted by Crippen LogP contribution is 2.05. The lowest BCUT2D eigenvalue weighted by Gasteiger charge is -2.10. The quantitative estimate of drug-likeness (QED) is 0.653. The Balaban J connectivity index is 2.44. The number of unbranched alkanes of at least 4 members (excludes halogenated alkanes) is 2. The lowest BCUT2D eigenvalue weighted by molar-refractivity contribution is -0.130. The van der Waals surface area contributed by atoms with Crippen molar-refractivity contribution in [1.29, 1.82) is 0 Å². The molecular formula is C9H14N2O3. The lowest BCUT2D eigenvalue weighted by atomic mass is 10.2. The van der Waals surface area contributed by atoms with Crippen LogP contribution in [0.5, 0.6) is 0 Å². The molecule has 1 rings (SSSR count). The minimum atomic E-state index is -1.23.